The Morgan fingerprint density at radius 1 is 1.44 bits per heavy atom. The van der Waals surface area contributed by atoms with Crippen molar-refractivity contribution in [2.24, 2.45) is 0 Å². The van der Waals surface area contributed by atoms with E-state index in [0.717, 1.165) is 19.5 Å². The molecule has 0 saturated heterocycles. The van der Waals surface area contributed by atoms with Crippen molar-refractivity contribution in [1.82, 2.24) is 10.2 Å². The van der Waals surface area contributed by atoms with Gasteiger partial charge in [0.1, 0.15) is 0 Å². The topological polar surface area (TPSA) is 28.4 Å². The van der Waals surface area contributed by atoms with Gasteiger partial charge in [-0.25, -0.2) is 0 Å². The summed E-state index contributed by atoms with van der Waals surface area (Å²) >= 11 is 0. The maximum atomic E-state index is 5.08. The Balaban J connectivity index is 2.39. The number of likely N-dealkylation sites (N-methyl/N-ethyl adjacent to an activating group) is 1. The highest BCUT2D eigenvalue weighted by atomic mass is 16.3. The largest absolute Gasteiger partial charge is 0.472 e. The van der Waals surface area contributed by atoms with Crippen molar-refractivity contribution in [2.45, 2.75) is 45.8 Å². The average molecular weight is 224 g/mol. The molecule has 92 valence electrons. The minimum Gasteiger partial charge on any atom is -0.472 e. The molecule has 1 unspecified atom stereocenters. The fourth-order valence-electron chi connectivity index (χ4n) is 1.78. The Kier molecular flexibility index (Phi) is 5.56. The van der Waals surface area contributed by atoms with Gasteiger partial charge in [-0.2, -0.15) is 0 Å². The number of nitrogens with one attached hydrogen (secondary N) is 1. The number of hydrogen-bond acceptors (Lipinski definition) is 3. The van der Waals surface area contributed by atoms with Gasteiger partial charge < -0.3 is 9.73 Å². The fourth-order valence-corrected chi connectivity index (χ4v) is 1.78. The smallest absolute Gasteiger partial charge is 0.0947 e. The van der Waals surface area contributed by atoms with Crippen LogP contribution >= 0.6 is 0 Å². The van der Waals surface area contributed by atoms with Crippen molar-refractivity contribution in [3.05, 3.63) is 24.2 Å². The van der Waals surface area contributed by atoms with Crippen molar-refractivity contribution in [3.8, 4) is 0 Å². The lowest BCUT2D eigenvalue weighted by molar-refractivity contribution is 0.217. The average Bonchev–Trinajstić information content (AvgIpc) is 2.71. The molecule has 1 atom stereocenters. The van der Waals surface area contributed by atoms with Gasteiger partial charge in [0, 0.05) is 30.7 Å². The summed E-state index contributed by atoms with van der Waals surface area (Å²) in [5, 5.41) is 3.49. The number of rotatable bonds is 7. The van der Waals surface area contributed by atoms with Gasteiger partial charge in [0.05, 0.1) is 12.5 Å². The highest BCUT2D eigenvalue weighted by molar-refractivity contribution is 5.05. The molecule has 1 aromatic heterocycles. The van der Waals surface area contributed by atoms with Crippen molar-refractivity contribution in [2.75, 3.05) is 13.6 Å². The molecule has 1 aromatic rings. The van der Waals surface area contributed by atoms with Crippen LogP contribution in [0.25, 0.3) is 0 Å². The molecule has 0 spiro atoms. The molecular formula is C13H24N2O. The van der Waals surface area contributed by atoms with Gasteiger partial charge in [0.2, 0.25) is 0 Å². The van der Waals surface area contributed by atoms with E-state index in [4.69, 9.17) is 4.42 Å². The number of furan rings is 1. The molecule has 0 amide bonds. The van der Waals surface area contributed by atoms with E-state index < -0.39 is 0 Å². The Morgan fingerprint density at radius 3 is 2.69 bits per heavy atom. The van der Waals surface area contributed by atoms with E-state index >= 15 is 0 Å². The Hall–Kier alpha value is -0.800. The van der Waals surface area contributed by atoms with Crippen LogP contribution < -0.4 is 5.32 Å². The first kappa shape index (κ1) is 13.3. The first-order valence-corrected chi connectivity index (χ1v) is 6.08. The molecule has 0 fully saturated rings. The van der Waals surface area contributed by atoms with Crippen LogP contribution in [0.1, 0.15) is 32.8 Å². The number of nitrogens with zero attached hydrogens (tertiary/aromatic N) is 1. The van der Waals surface area contributed by atoms with E-state index in [2.05, 4.69) is 38.0 Å². The van der Waals surface area contributed by atoms with Gasteiger partial charge in [-0.15, -0.1) is 0 Å². The van der Waals surface area contributed by atoms with Crippen LogP contribution in [0.5, 0.6) is 0 Å². The van der Waals surface area contributed by atoms with Crippen molar-refractivity contribution >= 4 is 0 Å². The van der Waals surface area contributed by atoms with Crippen LogP contribution in [0, 0.1) is 0 Å². The summed E-state index contributed by atoms with van der Waals surface area (Å²) in [7, 11) is 2.17. The molecule has 3 nitrogen and oxygen atoms in total. The molecule has 0 aliphatic carbocycles. The summed E-state index contributed by atoms with van der Waals surface area (Å²) in [4.78, 5) is 2.38. The summed E-state index contributed by atoms with van der Waals surface area (Å²) in [5.41, 5.74) is 1.24. The zero-order chi connectivity index (χ0) is 12.0. The monoisotopic (exact) mass is 224 g/mol. The van der Waals surface area contributed by atoms with Crippen LogP contribution in [0.4, 0.5) is 0 Å². The SMILES string of the molecule is CCC(CNC(C)C)N(C)Cc1ccoc1. The third kappa shape index (κ3) is 4.37. The van der Waals surface area contributed by atoms with E-state index in [1.165, 1.54) is 5.56 Å². The van der Waals surface area contributed by atoms with E-state index in [1.807, 2.05) is 12.3 Å². The second-order valence-corrected chi connectivity index (χ2v) is 4.67. The van der Waals surface area contributed by atoms with Crippen LogP contribution in [0.3, 0.4) is 0 Å². The van der Waals surface area contributed by atoms with Gasteiger partial charge >= 0.3 is 0 Å². The molecule has 1 N–H and O–H groups in total. The molecule has 1 rings (SSSR count). The van der Waals surface area contributed by atoms with Gasteiger partial charge in [0.25, 0.3) is 0 Å². The molecule has 1 heterocycles. The molecular weight excluding hydrogens is 200 g/mol. The molecule has 0 aliphatic heterocycles. The third-order valence-corrected chi connectivity index (χ3v) is 2.87. The van der Waals surface area contributed by atoms with E-state index in [-0.39, 0.29) is 0 Å². The lowest BCUT2D eigenvalue weighted by Gasteiger charge is -2.27. The lowest BCUT2D eigenvalue weighted by Crippen LogP contribution is -2.41. The second-order valence-electron chi connectivity index (χ2n) is 4.67. The summed E-state index contributed by atoms with van der Waals surface area (Å²) in [6.07, 6.45) is 4.71. The second kappa shape index (κ2) is 6.71. The van der Waals surface area contributed by atoms with E-state index in [1.54, 1.807) is 6.26 Å². The minimum atomic E-state index is 0.552. The van der Waals surface area contributed by atoms with Crippen LogP contribution in [0.2, 0.25) is 0 Å². The molecule has 0 bridgehead atoms. The molecule has 16 heavy (non-hydrogen) atoms. The lowest BCUT2D eigenvalue weighted by atomic mass is 10.1. The molecule has 0 radical (unpaired) electrons. The Morgan fingerprint density at radius 2 is 2.19 bits per heavy atom. The van der Waals surface area contributed by atoms with E-state index in [9.17, 15) is 0 Å². The predicted octanol–water partition coefficient (Wildman–Crippen LogP) is 2.49. The minimum absolute atomic E-state index is 0.552. The molecule has 3 heteroatoms. The predicted molar refractivity (Wildman–Crippen MR) is 67.4 cm³/mol. The van der Waals surface area contributed by atoms with Crippen LogP contribution in [-0.2, 0) is 6.54 Å². The summed E-state index contributed by atoms with van der Waals surface area (Å²) in [6.45, 7) is 8.60. The fraction of sp³-hybridized carbons (Fsp3) is 0.692. The highest BCUT2D eigenvalue weighted by Crippen LogP contribution is 2.08. The zero-order valence-corrected chi connectivity index (χ0v) is 10.9. The van der Waals surface area contributed by atoms with Gasteiger partial charge in [-0.05, 0) is 19.5 Å². The summed E-state index contributed by atoms with van der Waals surface area (Å²) in [6, 6.07) is 3.16. The van der Waals surface area contributed by atoms with Gasteiger partial charge in [0.15, 0.2) is 0 Å². The molecule has 0 aliphatic rings. The first-order valence-electron chi connectivity index (χ1n) is 6.08. The maximum absolute atomic E-state index is 5.08. The summed E-state index contributed by atoms with van der Waals surface area (Å²) in [5.74, 6) is 0. The maximum Gasteiger partial charge on any atom is 0.0947 e. The van der Waals surface area contributed by atoms with Crippen molar-refractivity contribution in [1.29, 1.82) is 0 Å². The third-order valence-electron chi connectivity index (χ3n) is 2.87. The number of hydrogen-bond donors (Lipinski definition) is 1. The quantitative estimate of drug-likeness (QED) is 0.771. The van der Waals surface area contributed by atoms with Crippen LogP contribution in [-0.4, -0.2) is 30.6 Å². The molecule has 0 saturated carbocycles. The standard InChI is InChI=1S/C13H24N2O/c1-5-13(8-14-11(2)3)15(4)9-12-6-7-16-10-12/h6-7,10-11,13-14H,5,8-9H2,1-4H3. The summed E-state index contributed by atoms with van der Waals surface area (Å²) < 4.78 is 5.08. The van der Waals surface area contributed by atoms with Crippen molar-refractivity contribution in [3.63, 3.8) is 0 Å². The van der Waals surface area contributed by atoms with Gasteiger partial charge in [-0.1, -0.05) is 20.8 Å². The highest BCUT2D eigenvalue weighted by Gasteiger charge is 2.13. The normalized spacial score (nSPS) is 13.6. The van der Waals surface area contributed by atoms with E-state index in [0.29, 0.717) is 12.1 Å². The first-order chi connectivity index (χ1) is 7.63. The van der Waals surface area contributed by atoms with Crippen molar-refractivity contribution < 1.29 is 4.42 Å². The van der Waals surface area contributed by atoms with Gasteiger partial charge in [-0.3, -0.25) is 4.90 Å². The molecule has 0 aromatic carbocycles. The Bertz CT molecular complexity index is 269. The Labute approximate surface area is 98.8 Å². The zero-order valence-electron chi connectivity index (χ0n) is 10.9. The van der Waals surface area contributed by atoms with Crippen LogP contribution in [0.15, 0.2) is 23.0 Å².